The first-order chi connectivity index (χ1) is 14.5. The Morgan fingerprint density at radius 1 is 0.867 bits per heavy atom. The highest BCUT2D eigenvalue weighted by Crippen LogP contribution is 2.38. The molecule has 1 fully saturated rings. The van der Waals surface area contributed by atoms with E-state index in [1.54, 1.807) is 24.1 Å². The van der Waals surface area contributed by atoms with E-state index in [0.29, 0.717) is 11.4 Å². The summed E-state index contributed by atoms with van der Waals surface area (Å²) < 4.78 is 5.45. The normalized spacial score (nSPS) is 16.7. The molecule has 5 heteroatoms. The zero-order valence-corrected chi connectivity index (χ0v) is 17.3. The zero-order valence-electron chi connectivity index (χ0n) is 17.3. The van der Waals surface area contributed by atoms with Crippen molar-refractivity contribution in [2.75, 3.05) is 23.5 Å². The molecule has 30 heavy (non-hydrogen) atoms. The molecule has 1 aliphatic rings. The summed E-state index contributed by atoms with van der Waals surface area (Å²) in [5, 5.41) is 0. The van der Waals surface area contributed by atoms with Gasteiger partial charge in [0.2, 0.25) is 5.91 Å². The molecular formula is C25H24N2O3. The van der Waals surface area contributed by atoms with E-state index in [9.17, 15) is 9.59 Å². The van der Waals surface area contributed by atoms with Crippen molar-refractivity contribution >= 4 is 23.2 Å². The topological polar surface area (TPSA) is 49.9 Å². The predicted octanol–water partition coefficient (Wildman–Crippen LogP) is 4.43. The van der Waals surface area contributed by atoms with E-state index in [-0.39, 0.29) is 18.4 Å². The maximum absolute atomic E-state index is 13.8. The lowest BCUT2D eigenvalue weighted by atomic mass is 9.98. The van der Waals surface area contributed by atoms with Gasteiger partial charge in [0.25, 0.3) is 5.91 Å². The van der Waals surface area contributed by atoms with Gasteiger partial charge in [-0.15, -0.1) is 0 Å². The number of benzene rings is 3. The highest BCUT2D eigenvalue weighted by molar-refractivity contribution is 6.15. The van der Waals surface area contributed by atoms with Crippen molar-refractivity contribution in [3.63, 3.8) is 0 Å². The summed E-state index contributed by atoms with van der Waals surface area (Å²) in [6, 6.07) is 21.9. The first-order valence-corrected chi connectivity index (χ1v) is 9.90. The second-order valence-electron chi connectivity index (χ2n) is 7.46. The summed E-state index contributed by atoms with van der Waals surface area (Å²) in [5.74, 6) is 0.261. The Kier molecular flexibility index (Phi) is 5.27. The van der Waals surface area contributed by atoms with E-state index in [4.69, 9.17) is 4.74 Å². The average Bonchev–Trinajstić information content (AvgIpc) is 2.76. The number of aryl methyl sites for hydroxylation is 2. The summed E-state index contributed by atoms with van der Waals surface area (Å²) >= 11 is 0. The summed E-state index contributed by atoms with van der Waals surface area (Å²) in [7, 11) is 1.56. The second-order valence-corrected chi connectivity index (χ2v) is 7.46. The van der Waals surface area contributed by atoms with E-state index in [1.165, 1.54) is 4.90 Å². The third-order valence-corrected chi connectivity index (χ3v) is 5.42. The third kappa shape index (κ3) is 3.43. The van der Waals surface area contributed by atoms with Gasteiger partial charge >= 0.3 is 0 Å². The van der Waals surface area contributed by atoms with E-state index < -0.39 is 6.04 Å². The molecule has 0 bridgehead atoms. The quantitative estimate of drug-likeness (QED) is 0.651. The van der Waals surface area contributed by atoms with Crippen LogP contribution in [0.4, 0.5) is 11.4 Å². The molecule has 0 N–H and O–H groups in total. The molecule has 1 saturated heterocycles. The van der Waals surface area contributed by atoms with E-state index >= 15 is 0 Å². The Balaban J connectivity index is 1.85. The van der Waals surface area contributed by atoms with Gasteiger partial charge in [0.1, 0.15) is 18.3 Å². The van der Waals surface area contributed by atoms with Crippen LogP contribution in [0, 0.1) is 13.8 Å². The number of nitrogens with zero attached hydrogens (tertiary/aromatic N) is 2. The number of piperazine rings is 1. The van der Waals surface area contributed by atoms with Crippen LogP contribution in [0.25, 0.3) is 0 Å². The van der Waals surface area contributed by atoms with Crippen molar-refractivity contribution < 1.29 is 14.3 Å². The number of carbonyl (C=O) groups excluding carboxylic acids is 2. The minimum Gasteiger partial charge on any atom is -0.495 e. The van der Waals surface area contributed by atoms with E-state index in [0.717, 1.165) is 22.4 Å². The maximum atomic E-state index is 13.8. The Morgan fingerprint density at radius 2 is 1.57 bits per heavy atom. The Labute approximate surface area is 176 Å². The number of hydrogen-bond donors (Lipinski definition) is 0. The molecule has 0 unspecified atom stereocenters. The number of hydrogen-bond acceptors (Lipinski definition) is 3. The largest absolute Gasteiger partial charge is 0.495 e. The average molecular weight is 400 g/mol. The van der Waals surface area contributed by atoms with Crippen molar-refractivity contribution in [3.8, 4) is 5.75 Å². The first-order valence-electron chi connectivity index (χ1n) is 9.90. The molecule has 5 nitrogen and oxygen atoms in total. The van der Waals surface area contributed by atoms with Crippen molar-refractivity contribution in [1.82, 2.24) is 0 Å². The predicted molar refractivity (Wildman–Crippen MR) is 118 cm³/mol. The fourth-order valence-electron chi connectivity index (χ4n) is 4.02. The van der Waals surface area contributed by atoms with Gasteiger partial charge in [0.15, 0.2) is 0 Å². The fraction of sp³-hybridized carbons (Fsp3) is 0.200. The van der Waals surface area contributed by atoms with Gasteiger partial charge in [-0.2, -0.15) is 0 Å². The van der Waals surface area contributed by atoms with Crippen molar-refractivity contribution in [3.05, 3.63) is 89.5 Å². The number of anilines is 2. The molecule has 0 spiro atoms. The number of rotatable bonds is 4. The summed E-state index contributed by atoms with van der Waals surface area (Å²) in [4.78, 5) is 30.4. The molecule has 1 heterocycles. The lowest BCUT2D eigenvalue weighted by molar-refractivity contribution is -0.128. The van der Waals surface area contributed by atoms with Crippen molar-refractivity contribution in [1.29, 1.82) is 0 Å². The molecule has 0 aromatic heterocycles. The first kappa shape index (κ1) is 19.7. The molecule has 1 aliphatic heterocycles. The number of carbonyl (C=O) groups is 2. The molecule has 2 amide bonds. The molecule has 4 rings (SSSR count). The fourth-order valence-corrected chi connectivity index (χ4v) is 4.02. The monoisotopic (exact) mass is 400 g/mol. The van der Waals surface area contributed by atoms with Gasteiger partial charge in [0.05, 0.1) is 12.8 Å². The minimum absolute atomic E-state index is 0.0458. The van der Waals surface area contributed by atoms with Crippen LogP contribution in [0.2, 0.25) is 0 Å². The van der Waals surface area contributed by atoms with Gasteiger partial charge in [-0.1, -0.05) is 60.2 Å². The minimum atomic E-state index is -0.751. The second kappa shape index (κ2) is 8.03. The molecular weight excluding hydrogens is 376 g/mol. The summed E-state index contributed by atoms with van der Waals surface area (Å²) in [6.07, 6.45) is 0. The van der Waals surface area contributed by atoms with Crippen LogP contribution in [-0.4, -0.2) is 25.5 Å². The lowest BCUT2D eigenvalue weighted by Crippen LogP contribution is -2.56. The molecule has 0 aliphatic carbocycles. The Hall–Kier alpha value is -3.60. The van der Waals surface area contributed by atoms with Crippen LogP contribution in [0.15, 0.2) is 72.8 Å². The lowest BCUT2D eigenvalue weighted by Gasteiger charge is -2.41. The molecule has 1 atom stereocenters. The van der Waals surface area contributed by atoms with Crippen LogP contribution in [0.5, 0.6) is 5.75 Å². The van der Waals surface area contributed by atoms with Crippen LogP contribution < -0.4 is 14.5 Å². The van der Waals surface area contributed by atoms with Gasteiger partial charge < -0.3 is 4.74 Å². The van der Waals surface area contributed by atoms with Crippen LogP contribution in [0.1, 0.15) is 22.7 Å². The number of para-hydroxylation sites is 2. The molecule has 3 aromatic rings. The highest BCUT2D eigenvalue weighted by Gasteiger charge is 2.42. The van der Waals surface area contributed by atoms with Crippen molar-refractivity contribution in [2.24, 2.45) is 0 Å². The number of amides is 2. The molecule has 3 aromatic carbocycles. The molecule has 152 valence electrons. The van der Waals surface area contributed by atoms with E-state index in [2.05, 4.69) is 0 Å². The van der Waals surface area contributed by atoms with Gasteiger partial charge in [-0.25, -0.2) is 0 Å². The SMILES string of the molecule is COc1ccccc1N1CC(=O)N(c2ccc(C)cc2C)[C@H](c2ccccc2)C1=O. The van der Waals surface area contributed by atoms with Crippen LogP contribution in [0.3, 0.4) is 0 Å². The molecule has 0 saturated carbocycles. The standard InChI is InChI=1S/C25H24N2O3/c1-17-13-14-20(18(2)15-17)27-23(28)16-26(21-11-7-8-12-22(21)30-3)25(29)24(27)19-9-5-4-6-10-19/h4-15,24H,16H2,1-3H3/t24-/m1/s1. The van der Waals surface area contributed by atoms with Gasteiger partial charge in [0, 0.05) is 5.69 Å². The number of ether oxygens (including phenoxy) is 1. The van der Waals surface area contributed by atoms with Crippen LogP contribution in [-0.2, 0) is 9.59 Å². The molecule has 0 radical (unpaired) electrons. The number of methoxy groups -OCH3 is 1. The zero-order chi connectivity index (χ0) is 21.3. The summed E-state index contributed by atoms with van der Waals surface area (Å²) in [6.45, 7) is 3.93. The van der Waals surface area contributed by atoms with E-state index in [1.807, 2.05) is 74.5 Å². The van der Waals surface area contributed by atoms with Gasteiger partial charge in [-0.3, -0.25) is 19.4 Å². The van der Waals surface area contributed by atoms with Crippen LogP contribution >= 0.6 is 0 Å². The van der Waals surface area contributed by atoms with Crippen molar-refractivity contribution in [2.45, 2.75) is 19.9 Å². The highest BCUT2D eigenvalue weighted by atomic mass is 16.5. The Bertz CT molecular complexity index is 1090. The third-order valence-electron chi connectivity index (χ3n) is 5.42. The smallest absolute Gasteiger partial charge is 0.255 e. The Morgan fingerprint density at radius 3 is 2.27 bits per heavy atom. The summed E-state index contributed by atoms with van der Waals surface area (Å²) in [5.41, 5.74) is 4.20. The van der Waals surface area contributed by atoms with Gasteiger partial charge in [-0.05, 0) is 43.2 Å². The maximum Gasteiger partial charge on any atom is 0.255 e.